The minimum absolute atomic E-state index is 0.151. The summed E-state index contributed by atoms with van der Waals surface area (Å²) in [5.74, 6) is -0.315. The predicted octanol–water partition coefficient (Wildman–Crippen LogP) is 2.14. The Balaban J connectivity index is 2.34. The molecule has 0 unspecified atom stereocenters. The minimum atomic E-state index is -0.315. The fourth-order valence-corrected chi connectivity index (χ4v) is 1.80. The lowest BCUT2D eigenvalue weighted by Crippen LogP contribution is -2.22. The van der Waals surface area contributed by atoms with Gasteiger partial charge in [0.05, 0.1) is 6.54 Å². The molecule has 0 radical (unpaired) electrons. The van der Waals surface area contributed by atoms with Crippen LogP contribution in [0.25, 0.3) is 0 Å². The summed E-state index contributed by atoms with van der Waals surface area (Å²) in [7, 11) is 1.66. The highest BCUT2D eigenvalue weighted by Crippen LogP contribution is 2.15. The summed E-state index contributed by atoms with van der Waals surface area (Å²) in [6, 6.07) is 4.81. The van der Waals surface area contributed by atoms with Gasteiger partial charge in [-0.2, -0.15) is 0 Å². The maximum absolute atomic E-state index is 13.5. The van der Waals surface area contributed by atoms with Gasteiger partial charge in [-0.15, -0.1) is 0 Å². The van der Waals surface area contributed by atoms with Gasteiger partial charge in [0.2, 0.25) is 0 Å². The number of hydrogen-bond donors (Lipinski definition) is 0. The summed E-state index contributed by atoms with van der Waals surface area (Å²) in [5.41, 5.74) is 0.346. The Morgan fingerprint density at radius 3 is 2.69 bits per heavy atom. The lowest BCUT2D eigenvalue weighted by Gasteiger charge is -2.03. The van der Waals surface area contributed by atoms with Crippen molar-refractivity contribution < 1.29 is 4.39 Å². The minimum Gasteiger partial charge on any atom is -0.302 e. The molecule has 3 nitrogen and oxygen atoms in total. The Morgan fingerprint density at radius 2 is 2.12 bits per heavy atom. The van der Waals surface area contributed by atoms with Crippen molar-refractivity contribution in [3.63, 3.8) is 0 Å². The molecule has 0 atom stereocenters. The third-order valence-electron chi connectivity index (χ3n) is 2.37. The molecule has 0 spiro atoms. The fourth-order valence-electron chi connectivity index (χ4n) is 1.46. The maximum atomic E-state index is 13.5. The quantitative estimate of drug-likeness (QED) is 0.830. The van der Waals surface area contributed by atoms with Gasteiger partial charge in [0.15, 0.2) is 0 Å². The van der Waals surface area contributed by atoms with E-state index in [4.69, 9.17) is 0 Å². The molecule has 0 aliphatic carbocycles. The molecule has 84 valence electrons. The molecular weight excluding hydrogens is 275 g/mol. The van der Waals surface area contributed by atoms with E-state index < -0.39 is 0 Å². The van der Waals surface area contributed by atoms with E-state index in [0.29, 0.717) is 10.0 Å². The van der Waals surface area contributed by atoms with Crippen LogP contribution >= 0.6 is 15.9 Å². The van der Waals surface area contributed by atoms with Crippen LogP contribution in [-0.4, -0.2) is 9.13 Å². The molecule has 1 aromatic carbocycles. The fraction of sp³-hybridized carbons (Fsp3) is 0.182. The molecule has 2 aromatic rings. The predicted molar refractivity (Wildman–Crippen MR) is 62.9 cm³/mol. The summed E-state index contributed by atoms with van der Waals surface area (Å²) in [6.45, 7) is 0.249. The Hall–Kier alpha value is -1.36. The Bertz CT molecular complexity index is 574. The van der Waals surface area contributed by atoms with E-state index in [1.165, 1.54) is 15.2 Å². The molecule has 16 heavy (non-hydrogen) atoms. The van der Waals surface area contributed by atoms with Crippen molar-refractivity contribution in [2.75, 3.05) is 0 Å². The zero-order valence-corrected chi connectivity index (χ0v) is 10.2. The Morgan fingerprint density at radius 1 is 1.38 bits per heavy atom. The molecule has 0 N–H and O–H groups in total. The molecule has 1 heterocycles. The van der Waals surface area contributed by atoms with Crippen LogP contribution in [-0.2, 0) is 13.6 Å². The molecular formula is C11H10BrFN2O. The molecule has 2 rings (SSSR count). The first kappa shape index (κ1) is 11.1. The molecule has 0 aliphatic rings. The summed E-state index contributed by atoms with van der Waals surface area (Å²) < 4.78 is 17.1. The number of benzene rings is 1. The van der Waals surface area contributed by atoms with Gasteiger partial charge in [0, 0.05) is 29.5 Å². The maximum Gasteiger partial charge on any atom is 0.328 e. The van der Waals surface area contributed by atoms with E-state index >= 15 is 0 Å². The SMILES string of the molecule is Cn1ccn(Cc2ccc(Br)cc2F)c1=O. The van der Waals surface area contributed by atoms with Crippen molar-refractivity contribution in [1.29, 1.82) is 0 Å². The van der Waals surface area contributed by atoms with Crippen molar-refractivity contribution in [1.82, 2.24) is 9.13 Å². The lowest BCUT2D eigenvalue weighted by molar-refractivity contribution is 0.593. The normalized spacial score (nSPS) is 10.7. The second kappa shape index (κ2) is 4.25. The summed E-state index contributed by atoms with van der Waals surface area (Å²) >= 11 is 3.19. The molecule has 0 bridgehead atoms. The average Bonchev–Trinajstić information content (AvgIpc) is 2.54. The summed E-state index contributed by atoms with van der Waals surface area (Å²) in [6.07, 6.45) is 3.29. The first-order valence-corrected chi connectivity index (χ1v) is 5.53. The van der Waals surface area contributed by atoms with E-state index in [1.54, 1.807) is 31.6 Å². The zero-order valence-electron chi connectivity index (χ0n) is 8.65. The van der Waals surface area contributed by atoms with Crippen molar-refractivity contribution in [3.8, 4) is 0 Å². The summed E-state index contributed by atoms with van der Waals surface area (Å²) in [4.78, 5) is 11.5. The van der Waals surface area contributed by atoms with Crippen LogP contribution < -0.4 is 5.69 Å². The van der Waals surface area contributed by atoms with Gasteiger partial charge >= 0.3 is 5.69 Å². The van der Waals surface area contributed by atoms with Gasteiger partial charge in [-0.3, -0.25) is 4.57 Å². The van der Waals surface area contributed by atoms with E-state index in [0.717, 1.165) is 0 Å². The van der Waals surface area contributed by atoms with Gasteiger partial charge in [-0.25, -0.2) is 9.18 Å². The van der Waals surface area contributed by atoms with Gasteiger partial charge in [-0.1, -0.05) is 22.0 Å². The molecule has 0 saturated heterocycles. The topological polar surface area (TPSA) is 26.9 Å². The standard InChI is InChI=1S/C11H10BrFN2O/c1-14-4-5-15(11(14)16)7-8-2-3-9(12)6-10(8)13/h2-6H,7H2,1H3. The molecule has 0 aliphatic heterocycles. The molecule has 0 saturated carbocycles. The lowest BCUT2D eigenvalue weighted by atomic mass is 10.2. The van der Waals surface area contributed by atoms with Gasteiger partial charge in [0.25, 0.3) is 0 Å². The number of halogens is 2. The van der Waals surface area contributed by atoms with E-state index in [9.17, 15) is 9.18 Å². The largest absolute Gasteiger partial charge is 0.328 e. The van der Waals surface area contributed by atoms with Crippen molar-refractivity contribution in [3.05, 3.63) is 56.9 Å². The second-order valence-electron chi connectivity index (χ2n) is 3.56. The van der Waals surface area contributed by atoms with Crippen LogP contribution in [0.1, 0.15) is 5.56 Å². The van der Waals surface area contributed by atoms with Gasteiger partial charge < -0.3 is 4.57 Å². The van der Waals surface area contributed by atoms with Crippen LogP contribution in [0.4, 0.5) is 4.39 Å². The van der Waals surface area contributed by atoms with Crippen molar-refractivity contribution in [2.24, 2.45) is 7.05 Å². The Labute approximate surface area is 100 Å². The highest BCUT2D eigenvalue weighted by molar-refractivity contribution is 9.10. The number of rotatable bonds is 2. The monoisotopic (exact) mass is 284 g/mol. The van der Waals surface area contributed by atoms with E-state index in [1.807, 2.05) is 0 Å². The first-order valence-electron chi connectivity index (χ1n) is 4.73. The smallest absolute Gasteiger partial charge is 0.302 e. The number of nitrogens with zero attached hydrogens (tertiary/aromatic N) is 2. The van der Waals surface area contributed by atoms with Gasteiger partial charge in [-0.05, 0) is 12.1 Å². The highest BCUT2D eigenvalue weighted by atomic mass is 79.9. The first-order chi connectivity index (χ1) is 7.58. The van der Waals surface area contributed by atoms with Crippen LogP contribution in [0.5, 0.6) is 0 Å². The highest BCUT2D eigenvalue weighted by Gasteiger charge is 2.06. The van der Waals surface area contributed by atoms with Crippen molar-refractivity contribution >= 4 is 15.9 Å². The van der Waals surface area contributed by atoms with Crippen LogP contribution in [0.15, 0.2) is 39.9 Å². The summed E-state index contributed by atoms with van der Waals surface area (Å²) in [5, 5.41) is 0. The van der Waals surface area contributed by atoms with E-state index in [-0.39, 0.29) is 18.1 Å². The van der Waals surface area contributed by atoms with E-state index in [2.05, 4.69) is 15.9 Å². The Kier molecular flexibility index (Phi) is 2.96. The average molecular weight is 285 g/mol. The third-order valence-corrected chi connectivity index (χ3v) is 2.87. The number of aromatic nitrogens is 2. The van der Waals surface area contributed by atoms with Crippen LogP contribution in [0, 0.1) is 5.82 Å². The van der Waals surface area contributed by atoms with Gasteiger partial charge in [0.1, 0.15) is 5.82 Å². The number of hydrogen-bond acceptors (Lipinski definition) is 1. The van der Waals surface area contributed by atoms with Crippen molar-refractivity contribution in [2.45, 2.75) is 6.54 Å². The van der Waals surface area contributed by atoms with Crippen LogP contribution in [0.2, 0.25) is 0 Å². The number of aryl methyl sites for hydroxylation is 1. The third kappa shape index (κ3) is 2.09. The zero-order chi connectivity index (χ0) is 11.7. The van der Waals surface area contributed by atoms with Crippen LogP contribution in [0.3, 0.4) is 0 Å². The molecule has 0 fully saturated rings. The molecule has 0 amide bonds. The number of imidazole rings is 1. The molecule has 1 aromatic heterocycles. The second-order valence-corrected chi connectivity index (χ2v) is 4.47. The molecule has 5 heteroatoms.